The maximum atomic E-state index is 12.4. The molecular formula is C23H27NO3. The quantitative estimate of drug-likeness (QED) is 0.805. The Morgan fingerprint density at radius 3 is 2.70 bits per heavy atom. The van der Waals surface area contributed by atoms with Crippen LogP contribution in [-0.2, 0) is 11.2 Å². The van der Waals surface area contributed by atoms with E-state index in [1.807, 2.05) is 64.1 Å². The fourth-order valence-corrected chi connectivity index (χ4v) is 3.23. The van der Waals surface area contributed by atoms with Crippen LogP contribution in [0.1, 0.15) is 43.0 Å². The Bertz CT molecular complexity index is 897. The summed E-state index contributed by atoms with van der Waals surface area (Å²) in [6.07, 6.45) is 4.96. The summed E-state index contributed by atoms with van der Waals surface area (Å²) < 4.78 is 11.9. The van der Waals surface area contributed by atoms with Crippen molar-refractivity contribution < 1.29 is 14.3 Å². The predicted molar refractivity (Wildman–Crippen MR) is 110 cm³/mol. The van der Waals surface area contributed by atoms with Crippen molar-refractivity contribution in [3.63, 3.8) is 0 Å². The zero-order valence-corrected chi connectivity index (χ0v) is 16.7. The number of hydrogen-bond acceptors (Lipinski definition) is 3. The molecule has 4 nitrogen and oxygen atoms in total. The lowest BCUT2D eigenvalue weighted by molar-refractivity contribution is -0.118. The van der Waals surface area contributed by atoms with Crippen LogP contribution in [0.5, 0.6) is 11.5 Å². The van der Waals surface area contributed by atoms with Crippen LogP contribution in [0, 0.1) is 13.8 Å². The summed E-state index contributed by atoms with van der Waals surface area (Å²) in [6.45, 7) is 10.0. The van der Waals surface area contributed by atoms with E-state index in [0.29, 0.717) is 5.75 Å². The molecule has 0 aliphatic carbocycles. The fourth-order valence-electron chi connectivity index (χ4n) is 3.23. The van der Waals surface area contributed by atoms with Gasteiger partial charge in [0.25, 0.3) is 5.91 Å². The van der Waals surface area contributed by atoms with Gasteiger partial charge in [-0.25, -0.2) is 0 Å². The number of nitrogens with one attached hydrogen (secondary N) is 1. The van der Waals surface area contributed by atoms with Gasteiger partial charge < -0.3 is 14.8 Å². The molecule has 142 valence electrons. The molecule has 1 aliphatic heterocycles. The minimum absolute atomic E-state index is 0.0453. The number of aryl methyl sites for hydroxylation is 2. The number of anilines is 1. The van der Waals surface area contributed by atoms with Crippen molar-refractivity contribution in [3.8, 4) is 11.5 Å². The van der Waals surface area contributed by atoms with Crippen LogP contribution in [-0.4, -0.2) is 18.1 Å². The van der Waals surface area contributed by atoms with E-state index in [2.05, 4.69) is 18.3 Å². The van der Waals surface area contributed by atoms with Gasteiger partial charge in [0.2, 0.25) is 0 Å². The van der Waals surface area contributed by atoms with Crippen molar-refractivity contribution in [2.45, 2.75) is 46.6 Å². The van der Waals surface area contributed by atoms with E-state index in [-0.39, 0.29) is 18.1 Å². The van der Waals surface area contributed by atoms with E-state index in [1.54, 1.807) is 0 Å². The summed E-state index contributed by atoms with van der Waals surface area (Å²) in [6, 6.07) is 9.88. The Hall–Kier alpha value is -2.75. The third-order valence-corrected chi connectivity index (χ3v) is 4.78. The number of ether oxygens (including phenoxy) is 2. The summed E-state index contributed by atoms with van der Waals surface area (Å²) >= 11 is 0. The molecule has 0 spiro atoms. The maximum Gasteiger partial charge on any atom is 0.262 e. The zero-order chi connectivity index (χ0) is 19.6. The number of carbonyl (C=O) groups is 1. The average molecular weight is 365 g/mol. The van der Waals surface area contributed by atoms with Gasteiger partial charge in [-0.1, -0.05) is 31.2 Å². The maximum absolute atomic E-state index is 12.4. The standard InChI is InChI=1S/C23H27NO3/c1-6-17-9-7-8-15(2)21(17)24-20(25)14-26-19-11-10-18-12-13-23(4,5)27-22(18)16(19)3/h7-13H,6,14H2,1-5H3,(H,24,25). The number of fused-ring (bicyclic) bond motifs is 1. The number of para-hydroxylation sites is 1. The van der Waals surface area contributed by atoms with Crippen molar-refractivity contribution in [1.29, 1.82) is 0 Å². The lowest BCUT2D eigenvalue weighted by atomic mass is 10.00. The Labute approximate surface area is 161 Å². The Morgan fingerprint density at radius 1 is 1.19 bits per heavy atom. The number of carbonyl (C=O) groups excluding carboxylic acids is 1. The zero-order valence-electron chi connectivity index (χ0n) is 16.7. The number of benzene rings is 2. The lowest BCUT2D eigenvalue weighted by Gasteiger charge is -2.29. The van der Waals surface area contributed by atoms with Crippen molar-refractivity contribution >= 4 is 17.7 Å². The van der Waals surface area contributed by atoms with E-state index in [4.69, 9.17) is 9.47 Å². The molecular weight excluding hydrogens is 338 g/mol. The van der Waals surface area contributed by atoms with Gasteiger partial charge in [0, 0.05) is 16.8 Å². The summed E-state index contributed by atoms with van der Waals surface area (Å²) in [5.74, 6) is 1.31. The van der Waals surface area contributed by atoms with Gasteiger partial charge in [0.1, 0.15) is 17.1 Å². The van der Waals surface area contributed by atoms with Crippen molar-refractivity contribution in [3.05, 3.63) is 58.7 Å². The van der Waals surface area contributed by atoms with Crippen molar-refractivity contribution in [2.75, 3.05) is 11.9 Å². The second-order valence-corrected chi connectivity index (χ2v) is 7.45. The second-order valence-electron chi connectivity index (χ2n) is 7.45. The average Bonchev–Trinajstić information content (AvgIpc) is 2.63. The molecule has 1 aliphatic rings. The van der Waals surface area contributed by atoms with Crippen LogP contribution in [0.3, 0.4) is 0 Å². The minimum atomic E-state index is -0.352. The Morgan fingerprint density at radius 2 is 1.96 bits per heavy atom. The van der Waals surface area contributed by atoms with Crippen LogP contribution < -0.4 is 14.8 Å². The third-order valence-electron chi connectivity index (χ3n) is 4.78. The van der Waals surface area contributed by atoms with E-state index in [9.17, 15) is 4.79 Å². The normalized spacial score (nSPS) is 14.3. The van der Waals surface area contributed by atoms with Gasteiger partial charge in [-0.05, 0) is 63.5 Å². The Balaban J connectivity index is 1.71. The highest BCUT2D eigenvalue weighted by atomic mass is 16.5. The van der Waals surface area contributed by atoms with E-state index in [0.717, 1.165) is 40.1 Å². The smallest absolute Gasteiger partial charge is 0.262 e. The molecule has 1 amide bonds. The molecule has 0 saturated carbocycles. The third kappa shape index (κ3) is 4.16. The summed E-state index contributed by atoms with van der Waals surface area (Å²) in [5.41, 5.74) is 4.63. The van der Waals surface area contributed by atoms with Gasteiger partial charge >= 0.3 is 0 Å². The molecule has 0 aromatic heterocycles. The van der Waals surface area contributed by atoms with E-state index < -0.39 is 0 Å². The molecule has 27 heavy (non-hydrogen) atoms. The van der Waals surface area contributed by atoms with Crippen molar-refractivity contribution in [2.24, 2.45) is 0 Å². The summed E-state index contributed by atoms with van der Waals surface area (Å²) in [5, 5.41) is 2.99. The molecule has 1 N–H and O–H groups in total. The molecule has 1 heterocycles. The molecule has 0 radical (unpaired) electrons. The van der Waals surface area contributed by atoms with Crippen LogP contribution in [0.15, 0.2) is 36.4 Å². The van der Waals surface area contributed by atoms with E-state index >= 15 is 0 Å². The molecule has 2 aromatic rings. The summed E-state index contributed by atoms with van der Waals surface area (Å²) in [7, 11) is 0. The summed E-state index contributed by atoms with van der Waals surface area (Å²) in [4.78, 5) is 12.4. The van der Waals surface area contributed by atoms with Gasteiger partial charge in [-0.3, -0.25) is 4.79 Å². The molecule has 0 bridgehead atoms. The molecule has 0 fully saturated rings. The monoisotopic (exact) mass is 365 g/mol. The first-order valence-corrected chi connectivity index (χ1v) is 9.33. The molecule has 0 atom stereocenters. The highest BCUT2D eigenvalue weighted by Crippen LogP contribution is 2.38. The predicted octanol–water partition coefficient (Wildman–Crippen LogP) is 5.07. The van der Waals surface area contributed by atoms with Gasteiger partial charge in [-0.15, -0.1) is 0 Å². The Kier molecular flexibility index (Phi) is 5.26. The lowest BCUT2D eigenvalue weighted by Crippen LogP contribution is -2.28. The first-order valence-electron chi connectivity index (χ1n) is 9.33. The van der Waals surface area contributed by atoms with E-state index in [1.165, 1.54) is 0 Å². The first-order chi connectivity index (χ1) is 12.8. The SMILES string of the molecule is CCc1cccc(C)c1NC(=O)COc1ccc2c(c1C)OC(C)(C)C=C2. The second kappa shape index (κ2) is 7.47. The van der Waals surface area contributed by atoms with Crippen LogP contribution in [0.4, 0.5) is 5.69 Å². The van der Waals surface area contributed by atoms with Gasteiger partial charge in [-0.2, -0.15) is 0 Å². The number of amides is 1. The molecule has 3 rings (SSSR count). The fraction of sp³-hybridized carbons (Fsp3) is 0.348. The van der Waals surface area contributed by atoms with Crippen LogP contribution in [0.2, 0.25) is 0 Å². The van der Waals surface area contributed by atoms with Gasteiger partial charge in [0.15, 0.2) is 6.61 Å². The van der Waals surface area contributed by atoms with Crippen molar-refractivity contribution in [1.82, 2.24) is 0 Å². The largest absolute Gasteiger partial charge is 0.483 e. The van der Waals surface area contributed by atoms with Gasteiger partial charge in [0.05, 0.1) is 0 Å². The molecule has 2 aromatic carbocycles. The molecule has 0 saturated heterocycles. The highest BCUT2D eigenvalue weighted by molar-refractivity contribution is 5.93. The first kappa shape index (κ1) is 19.0. The minimum Gasteiger partial charge on any atom is -0.483 e. The highest BCUT2D eigenvalue weighted by Gasteiger charge is 2.24. The molecule has 4 heteroatoms. The van der Waals surface area contributed by atoms with Crippen LogP contribution in [0.25, 0.3) is 6.08 Å². The molecule has 0 unspecified atom stereocenters. The number of hydrogen-bond donors (Lipinski definition) is 1. The number of rotatable bonds is 5. The topological polar surface area (TPSA) is 47.6 Å². The van der Waals surface area contributed by atoms with Crippen LogP contribution >= 0.6 is 0 Å².